The zero-order chi connectivity index (χ0) is 19.4. The van der Waals surface area contributed by atoms with Crippen molar-refractivity contribution in [3.05, 3.63) is 16.1 Å². The molecule has 3 rings (SSSR count). The van der Waals surface area contributed by atoms with E-state index in [0.29, 0.717) is 25.2 Å². The molecule has 2 aliphatic rings. The first-order valence-corrected chi connectivity index (χ1v) is 12.4. The topological polar surface area (TPSA) is 66.0 Å². The molecule has 0 saturated carbocycles. The maximum absolute atomic E-state index is 11.9. The van der Waals surface area contributed by atoms with Crippen molar-refractivity contribution in [3.8, 4) is 0 Å². The first-order valence-electron chi connectivity index (χ1n) is 9.70. The van der Waals surface area contributed by atoms with Crippen molar-refractivity contribution >= 4 is 21.4 Å². The standard InChI is InChI=1S/C18H32N4O3S2/c1-15-18(26-14-19-15)13-20(2)8-9-22(16-5-10-25-11-6-16)17-4-7-21(12-17)27(3,23)24/h14,16-17H,4-13H2,1-3H3. The summed E-state index contributed by atoms with van der Waals surface area (Å²) >= 11 is 1.71. The third-order valence-electron chi connectivity index (χ3n) is 5.72. The zero-order valence-corrected chi connectivity index (χ0v) is 18.3. The van der Waals surface area contributed by atoms with E-state index < -0.39 is 10.0 Å². The summed E-state index contributed by atoms with van der Waals surface area (Å²) in [6.07, 6.45) is 4.31. The van der Waals surface area contributed by atoms with Gasteiger partial charge in [0, 0.05) is 62.9 Å². The molecule has 9 heteroatoms. The maximum Gasteiger partial charge on any atom is 0.211 e. The van der Waals surface area contributed by atoms with Crippen LogP contribution in [-0.4, -0.2) is 92.3 Å². The van der Waals surface area contributed by atoms with Crippen LogP contribution in [0.15, 0.2) is 5.51 Å². The number of hydrogen-bond donors (Lipinski definition) is 0. The van der Waals surface area contributed by atoms with Gasteiger partial charge in [0.25, 0.3) is 0 Å². The molecule has 0 spiro atoms. The van der Waals surface area contributed by atoms with Gasteiger partial charge in [0.2, 0.25) is 10.0 Å². The Morgan fingerprint density at radius 1 is 1.26 bits per heavy atom. The molecule has 0 aromatic carbocycles. The van der Waals surface area contributed by atoms with Crippen LogP contribution in [-0.2, 0) is 21.3 Å². The molecule has 0 radical (unpaired) electrons. The van der Waals surface area contributed by atoms with Crippen molar-refractivity contribution in [3.63, 3.8) is 0 Å². The van der Waals surface area contributed by atoms with Crippen LogP contribution in [0.25, 0.3) is 0 Å². The molecule has 154 valence electrons. The first kappa shape index (κ1) is 21.1. The number of aromatic nitrogens is 1. The first-order chi connectivity index (χ1) is 12.8. The monoisotopic (exact) mass is 416 g/mol. The molecular formula is C18H32N4O3S2. The summed E-state index contributed by atoms with van der Waals surface area (Å²) in [6, 6.07) is 0.795. The summed E-state index contributed by atoms with van der Waals surface area (Å²) in [4.78, 5) is 10.6. The van der Waals surface area contributed by atoms with Crippen LogP contribution in [0.1, 0.15) is 29.8 Å². The third kappa shape index (κ3) is 5.71. The van der Waals surface area contributed by atoms with Crippen LogP contribution in [0.5, 0.6) is 0 Å². The molecule has 0 amide bonds. The van der Waals surface area contributed by atoms with Crippen molar-refractivity contribution in [2.24, 2.45) is 0 Å². The Kier molecular flexibility index (Phi) is 7.26. The average molecular weight is 417 g/mol. The predicted molar refractivity (Wildman–Crippen MR) is 109 cm³/mol. The number of aryl methyl sites for hydroxylation is 1. The second-order valence-electron chi connectivity index (χ2n) is 7.74. The molecule has 1 atom stereocenters. The maximum atomic E-state index is 11.9. The summed E-state index contributed by atoms with van der Waals surface area (Å²) in [6.45, 7) is 7.77. The van der Waals surface area contributed by atoms with Gasteiger partial charge in [-0.3, -0.25) is 9.80 Å². The molecule has 3 heterocycles. The van der Waals surface area contributed by atoms with Gasteiger partial charge in [0.15, 0.2) is 0 Å². The van der Waals surface area contributed by atoms with Crippen LogP contribution in [0, 0.1) is 6.92 Å². The molecule has 1 aromatic heterocycles. The van der Waals surface area contributed by atoms with Gasteiger partial charge in [-0.2, -0.15) is 0 Å². The van der Waals surface area contributed by atoms with Crippen molar-refractivity contribution in [2.45, 2.75) is 44.8 Å². The van der Waals surface area contributed by atoms with Gasteiger partial charge in [0.05, 0.1) is 17.5 Å². The molecular weight excluding hydrogens is 384 g/mol. The average Bonchev–Trinajstić information content (AvgIpc) is 3.26. The van der Waals surface area contributed by atoms with E-state index in [2.05, 4.69) is 28.8 Å². The SMILES string of the molecule is Cc1ncsc1CN(C)CCN(C1CCOCC1)C1CCN(S(C)(=O)=O)C1. The molecule has 1 unspecified atom stereocenters. The number of likely N-dealkylation sites (N-methyl/N-ethyl adjacent to an activating group) is 1. The summed E-state index contributed by atoms with van der Waals surface area (Å²) in [5.41, 5.74) is 3.03. The number of nitrogens with zero attached hydrogens (tertiary/aromatic N) is 4. The van der Waals surface area contributed by atoms with E-state index in [1.54, 1.807) is 15.6 Å². The fourth-order valence-electron chi connectivity index (χ4n) is 4.05. The molecule has 2 aliphatic heterocycles. The van der Waals surface area contributed by atoms with Gasteiger partial charge in [0.1, 0.15) is 0 Å². The number of thiazole rings is 1. The highest BCUT2D eigenvalue weighted by Gasteiger charge is 2.35. The van der Waals surface area contributed by atoms with Crippen LogP contribution < -0.4 is 0 Å². The second kappa shape index (κ2) is 9.28. The number of hydrogen-bond acceptors (Lipinski definition) is 7. The van der Waals surface area contributed by atoms with Gasteiger partial charge in [-0.1, -0.05) is 0 Å². The molecule has 2 fully saturated rings. The Hall–Kier alpha value is -0.580. The van der Waals surface area contributed by atoms with E-state index in [4.69, 9.17) is 4.74 Å². The van der Waals surface area contributed by atoms with E-state index in [0.717, 1.165) is 57.8 Å². The van der Waals surface area contributed by atoms with Gasteiger partial charge in [-0.25, -0.2) is 17.7 Å². The third-order valence-corrected chi connectivity index (χ3v) is 7.91. The van der Waals surface area contributed by atoms with Gasteiger partial charge in [-0.05, 0) is 33.2 Å². The zero-order valence-electron chi connectivity index (χ0n) is 16.6. The van der Waals surface area contributed by atoms with E-state index in [9.17, 15) is 8.42 Å². The van der Waals surface area contributed by atoms with Crippen molar-refractivity contribution < 1.29 is 13.2 Å². The lowest BCUT2D eigenvalue weighted by molar-refractivity contribution is 0.0157. The van der Waals surface area contributed by atoms with Gasteiger partial charge < -0.3 is 4.74 Å². The van der Waals surface area contributed by atoms with Crippen LogP contribution in [0.3, 0.4) is 0 Å². The van der Waals surface area contributed by atoms with E-state index in [1.165, 1.54) is 11.1 Å². The van der Waals surface area contributed by atoms with E-state index >= 15 is 0 Å². The smallest absolute Gasteiger partial charge is 0.211 e. The molecule has 27 heavy (non-hydrogen) atoms. The van der Waals surface area contributed by atoms with Crippen LogP contribution in [0.2, 0.25) is 0 Å². The largest absolute Gasteiger partial charge is 0.381 e. The van der Waals surface area contributed by atoms with Gasteiger partial charge >= 0.3 is 0 Å². The second-order valence-corrected chi connectivity index (χ2v) is 10.7. The normalized spacial score (nSPS) is 22.9. The molecule has 2 saturated heterocycles. The lowest BCUT2D eigenvalue weighted by Crippen LogP contribution is -2.49. The Labute approximate surface area is 167 Å². The van der Waals surface area contributed by atoms with Gasteiger partial charge in [-0.15, -0.1) is 11.3 Å². The molecule has 0 aliphatic carbocycles. The fraction of sp³-hybridized carbons (Fsp3) is 0.833. The van der Waals surface area contributed by atoms with Crippen LogP contribution in [0.4, 0.5) is 0 Å². The highest BCUT2D eigenvalue weighted by atomic mass is 32.2. The summed E-state index contributed by atoms with van der Waals surface area (Å²) in [5.74, 6) is 0. The Morgan fingerprint density at radius 2 is 2.00 bits per heavy atom. The van der Waals surface area contributed by atoms with Crippen LogP contribution >= 0.6 is 11.3 Å². The minimum absolute atomic E-state index is 0.307. The van der Waals surface area contributed by atoms with E-state index in [-0.39, 0.29) is 0 Å². The Morgan fingerprint density at radius 3 is 2.59 bits per heavy atom. The fourth-order valence-corrected chi connectivity index (χ4v) is 5.79. The minimum Gasteiger partial charge on any atom is -0.381 e. The number of ether oxygens (including phenoxy) is 1. The summed E-state index contributed by atoms with van der Waals surface area (Å²) < 4.78 is 31.0. The minimum atomic E-state index is -3.10. The highest BCUT2D eigenvalue weighted by molar-refractivity contribution is 7.88. The molecule has 7 nitrogen and oxygen atoms in total. The lowest BCUT2D eigenvalue weighted by atomic mass is 10.0. The molecule has 0 bridgehead atoms. The lowest BCUT2D eigenvalue weighted by Gasteiger charge is -2.39. The van der Waals surface area contributed by atoms with E-state index in [1.807, 2.05) is 5.51 Å². The Bertz CT molecular complexity index is 703. The van der Waals surface area contributed by atoms with Crippen molar-refractivity contribution in [1.29, 1.82) is 0 Å². The quantitative estimate of drug-likeness (QED) is 0.638. The summed E-state index contributed by atoms with van der Waals surface area (Å²) in [7, 11) is -0.952. The molecule has 0 N–H and O–H groups in total. The number of sulfonamides is 1. The predicted octanol–water partition coefficient (Wildman–Crippen LogP) is 1.40. The highest BCUT2D eigenvalue weighted by Crippen LogP contribution is 2.24. The summed E-state index contributed by atoms with van der Waals surface area (Å²) in [5, 5.41) is 0. The molecule has 1 aromatic rings. The van der Waals surface area contributed by atoms with Crippen molar-refractivity contribution in [2.75, 3.05) is 52.7 Å². The van der Waals surface area contributed by atoms with Crippen molar-refractivity contribution in [1.82, 2.24) is 19.1 Å². The number of rotatable bonds is 8. The Balaban J connectivity index is 1.61.